The van der Waals surface area contributed by atoms with Gasteiger partial charge in [0.15, 0.2) is 5.13 Å². The van der Waals surface area contributed by atoms with E-state index in [0.29, 0.717) is 27.9 Å². The number of anilines is 2. The second-order valence-electron chi connectivity index (χ2n) is 6.48. The van der Waals surface area contributed by atoms with Crippen LogP contribution in [0.5, 0.6) is 0 Å². The van der Waals surface area contributed by atoms with Gasteiger partial charge in [0.25, 0.3) is 5.91 Å². The molecule has 0 fully saturated rings. The van der Waals surface area contributed by atoms with Gasteiger partial charge in [-0.3, -0.25) is 15.1 Å². The SMILES string of the molecule is CCCCNC(=O)Nc1nc(C)c(C(=O)Nc2ccc3nc(C)ccc3c2)s1. The van der Waals surface area contributed by atoms with Gasteiger partial charge in [0.2, 0.25) is 0 Å². The zero-order valence-corrected chi connectivity index (χ0v) is 16.9. The summed E-state index contributed by atoms with van der Waals surface area (Å²) in [5.74, 6) is -0.256. The van der Waals surface area contributed by atoms with E-state index in [1.807, 2.05) is 37.3 Å². The van der Waals surface area contributed by atoms with Gasteiger partial charge in [0, 0.05) is 23.3 Å². The number of hydrogen-bond donors (Lipinski definition) is 3. The lowest BCUT2D eigenvalue weighted by atomic mass is 10.2. The van der Waals surface area contributed by atoms with Crippen LogP contribution in [-0.4, -0.2) is 28.5 Å². The molecule has 8 heteroatoms. The molecule has 0 aliphatic heterocycles. The van der Waals surface area contributed by atoms with Crippen molar-refractivity contribution in [1.82, 2.24) is 15.3 Å². The molecule has 0 aliphatic rings. The number of pyridine rings is 1. The van der Waals surface area contributed by atoms with Crippen molar-refractivity contribution < 1.29 is 9.59 Å². The van der Waals surface area contributed by atoms with Crippen molar-refractivity contribution in [1.29, 1.82) is 0 Å². The van der Waals surface area contributed by atoms with E-state index in [9.17, 15) is 9.59 Å². The average Bonchev–Trinajstić information content (AvgIpc) is 3.02. The maximum atomic E-state index is 12.7. The summed E-state index contributed by atoms with van der Waals surface area (Å²) >= 11 is 1.15. The minimum atomic E-state index is -0.313. The average molecular weight is 398 g/mol. The maximum Gasteiger partial charge on any atom is 0.321 e. The molecule has 0 radical (unpaired) electrons. The van der Waals surface area contributed by atoms with Gasteiger partial charge >= 0.3 is 6.03 Å². The van der Waals surface area contributed by atoms with Gasteiger partial charge < -0.3 is 10.6 Å². The topological polar surface area (TPSA) is 96.0 Å². The molecule has 3 aromatic rings. The Morgan fingerprint density at radius 1 is 1.07 bits per heavy atom. The number of nitrogens with one attached hydrogen (secondary N) is 3. The van der Waals surface area contributed by atoms with Gasteiger partial charge in [-0.1, -0.05) is 30.7 Å². The summed E-state index contributed by atoms with van der Waals surface area (Å²) in [7, 11) is 0. The number of nitrogens with zero attached hydrogens (tertiary/aromatic N) is 2. The molecular weight excluding hydrogens is 374 g/mol. The Hall–Kier alpha value is -3.00. The van der Waals surface area contributed by atoms with Crippen molar-refractivity contribution in [2.45, 2.75) is 33.6 Å². The molecule has 28 heavy (non-hydrogen) atoms. The molecule has 0 spiro atoms. The number of rotatable bonds is 6. The molecule has 0 aliphatic carbocycles. The van der Waals surface area contributed by atoms with Crippen LogP contribution in [0.15, 0.2) is 30.3 Å². The first-order valence-corrected chi connectivity index (χ1v) is 9.99. The van der Waals surface area contributed by atoms with E-state index in [2.05, 4.69) is 32.8 Å². The van der Waals surface area contributed by atoms with Gasteiger partial charge in [-0.15, -0.1) is 0 Å². The monoisotopic (exact) mass is 397 g/mol. The first-order chi connectivity index (χ1) is 13.5. The number of aromatic nitrogens is 2. The highest BCUT2D eigenvalue weighted by Gasteiger charge is 2.17. The number of unbranched alkanes of at least 4 members (excludes halogenated alkanes) is 1. The van der Waals surface area contributed by atoms with E-state index in [0.717, 1.165) is 40.8 Å². The molecule has 2 heterocycles. The molecule has 7 nitrogen and oxygen atoms in total. The predicted octanol–water partition coefficient (Wildman–Crippen LogP) is 4.48. The van der Waals surface area contributed by atoms with Crippen LogP contribution in [0.25, 0.3) is 10.9 Å². The Morgan fingerprint density at radius 3 is 2.68 bits per heavy atom. The number of hydrogen-bond acceptors (Lipinski definition) is 5. The van der Waals surface area contributed by atoms with E-state index in [1.54, 1.807) is 6.92 Å². The van der Waals surface area contributed by atoms with Crippen LogP contribution in [0.3, 0.4) is 0 Å². The minimum Gasteiger partial charge on any atom is -0.338 e. The second-order valence-corrected chi connectivity index (χ2v) is 7.48. The molecule has 2 aromatic heterocycles. The predicted molar refractivity (Wildman–Crippen MR) is 113 cm³/mol. The van der Waals surface area contributed by atoms with Gasteiger partial charge in [0.1, 0.15) is 4.88 Å². The molecule has 1 aromatic carbocycles. The zero-order chi connectivity index (χ0) is 20.1. The van der Waals surface area contributed by atoms with Gasteiger partial charge in [-0.25, -0.2) is 9.78 Å². The van der Waals surface area contributed by atoms with Crippen molar-refractivity contribution in [3.63, 3.8) is 0 Å². The number of carbonyl (C=O) groups excluding carboxylic acids is 2. The molecule has 146 valence electrons. The van der Waals surface area contributed by atoms with Crippen molar-refractivity contribution in [3.8, 4) is 0 Å². The molecule has 0 saturated carbocycles. The molecule has 3 N–H and O–H groups in total. The fourth-order valence-corrected chi connectivity index (χ4v) is 3.53. The van der Waals surface area contributed by atoms with Crippen LogP contribution < -0.4 is 16.0 Å². The van der Waals surface area contributed by atoms with Crippen LogP contribution in [0, 0.1) is 13.8 Å². The molecule has 0 unspecified atom stereocenters. The number of amides is 3. The number of thiazole rings is 1. The highest BCUT2D eigenvalue weighted by molar-refractivity contribution is 7.17. The Labute approximate surface area is 167 Å². The van der Waals surface area contributed by atoms with E-state index in [4.69, 9.17) is 0 Å². The van der Waals surface area contributed by atoms with E-state index >= 15 is 0 Å². The molecule has 0 atom stereocenters. The summed E-state index contributed by atoms with van der Waals surface area (Å²) in [4.78, 5) is 33.7. The Morgan fingerprint density at radius 2 is 1.89 bits per heavy atom. The van der Waals surface area contributed by atoms with E-state index < -0.39 is 0 Å². The number of fused-ring (bicyclic) bond motifs is 1. The molecule has 3 amide bonds. The Kier molecular flexibility index (Phi) is 6.20. The number of aryl methyl sites for hydroxylation is 2. The van der Waals surface area contributed by atoms with Crippen molar-refractivity contribution in [3.05, 3.63) is 46.6 Å². The summed E-state index contributed by atoms with van der Waals surface area (Å²) in [6.07, 6.45) is 1.92. The third-order valence-electron chi connectivity index (χ3n) is 4.13. The highest BCUT2D eigenvalue weighted by atomic mass is 32.1. The maximum absolute atomic E-state index is 12.7. The van der Waals surface area contributed by atoms with Crippen LogP contribution >= 0.6 is 11.3 Å². The lowest BCUT2D eigenvalue weighted by molar-refractivity contribution is 0.103. The fraction of sp³-hybridized carbons (Fsp3) is 0.300. The first-order valence-electron chi connectivity index (χ1n) is 9.17. The third-order valence-corrected chi connectivity index (χ3v) is 5.20. The summed E-state index contributed by atoms with van der Waals surface area (Å²) in [5.41, 5.74) is 3.09. The first kappa shape index (κ1) is 19.8. The molecule has 0 bridgehead atoms. The van der Waals surface area contributed by atoms with Crippen LogP contribution in [0.4, 0.5) is 15.6 Å². The summed E-state index contributed by atoms with van der Waals surface area (Å²) < 4.78 is 0. The number of urea groups is 1. The van der Waals surface area contributed by atoms with Crippen molar-refractivity contribution >= 4 is 45.0 Å². The molecule has 0 saturated heterocycles. The standard InChI is InChI=1S/C20H23N5O2S/c1-4-5-10-21-19(27)25-20-23-13(3)17(28-20)18(26)24-15-8-9-16-14(11-15)7-6-12(2)22-16/h6-9,11H,4-5,10H2,1-3H3,(H,24,26)(H2,21,23,25,27). The van der Waals surface area contributed by atoms with Gasteiger partial charge in [-0.05, 0) is 44.5 Å². The normalized spacial score (nSPS) is 10.7. The molecule has 3 rings (SSSR count). The zero-order valence-electron chi connectivity index (χ0n) is 16.1. The lowest BCUT2D eigenvalue weighted by Crippen LogP contribution is -2.29. The second kappa shape index (κ2) is 8.79. The minimum absolute atomic E-state index is 0.256. The quantitative estimate of drug-likeness (QED) is 0.534. The van der Waals surface area contributed by atoms with Crippen LogP contribution in [-0.2, 0) is 0 Å². The molecular formula is C20H23N5O2S. The third kappa shape index (κ3) is 4.83. The van der Waals surface area contributed by atoms with Crippen LogP contribution in [0.1, 0.15) is 40.8 Å². The van der Waals surface area contributed by atoms with E-state index in [1.165, 1.54) is 0 Å². The number of carbonyl (C=O) groups is 2. The van der Waals surface area contributed by atoms with Gasteiger partial charge in [0.05, 0.1) is 11.2 Å². The Bertz CT molecular complexity index is 1010. The van der Waals surface area contributed by atoms with Crippen molar-refractivity contribution in [2.75, 3.05) is 17.2 Å². The van der Waals surface area contributed by atoms with Gasteiger partial charge in [-0.2, -0.15) is 0 Å². The lowest BCUT2D eigenvalue weighted by Gasteiger charge is -2.06. The van der Waals surface area contributed by atoms with Crippen LogP contribution in [0.2, 0.25) is 0 Å². The van der Waals surface area contributed by atoms with E-state index in [-0.39, 0.29) is 11.9 Å². The summed E-state index contributed by atoms with van der Waals surface area (Å²) in [6.45, 7) is 6.36. The highest BCUT2D eigenvalue weighted by Crippen LogP contribution is 2.25. The summed E-state index contributed by atoms with van der Waals surface area (Å²) in [5, 5.41) is 9.68. The Balaban J connectivity index is 1.68. The summed E-state index contributed by atoms with van der Waals surface area (Å²) in [6, 6.07) is 9.19. The fourth-order valence-electron chi connectivity index (χ4n) is 2.67. The van der Waals surface area contributed by atoms with Crippen molar-refractivity contribution in [2.24, 2.45) is 0 Å². The largest absolute Gasteiger partial charge is 0.338 e. The number of benzene rings is 1. The smallest absolute Gasteiger partial charge is 0.321 e.